The van der Waals surface area contributed by atoms with E-state index in [1.807, 2.05) is 0 Å². The van der Waals surface area contributed by atoms with Gasteiger partial charge < -0.3 is 10.2 Å². The molecule has 1 aliphatic rings. The number of hydrogen-bond donors (Lipinski definition) is 1. The van der Waals surface area contributed by atoms with Crippen LogP contribution in [-0.4, -0.2) is 42.2 Å². The number of carbonyl (C=O) groups excluding carboxylic acids is 1. The zero-order valence-corrected chi connectivity index (χ0v) is 16.4. The van der Waals surface area contributed by atoms with Crippen molar-refractivity contribution in [3.05, 3.63) is 29.8 Å². The van der Waals surface area contributed by atoms with Gasteiger partial charge in [-0.2, -0.15) is 0 Å². The number of amides is 1. The molecule has 0 spiro atoms. The summed E-state index contributed by atoms with van der Waals surface area (Å²) in [4.78, 5) is 15.8. The SMILES string of the molecule is CCCN1CCC(NC(=O)CSc2ccc(C(C)(C)C)cc2)CC1. The highest BCUT2D eigenvalue weighted by molar-refractivity contribution is 8.00. The van der Waals surface area contributed by atoms with Crippen molar-refractivity contribution in [1.29, 1.82) is 0 Å². The zero-order valence-electron chi connectivity index (χ0n) is 15.6. The van der Waals surface area contributed by atoms with Crippen LogP contribution in [-0.2, 0) is 10.2 Å². The molecule has 1 aliphatic heterocycles. The van der Waals surface area contributed by atoms with Gasteiger partial charge in [-0.05, 0) is 48.9 Å². The molecule has 0 aliphatic carbocycles. The van der Waals surface area contributed by atoms with E-state index in [-0.39, 0.29) is 11.3 Å². The van der Waals surface area contributed by atoms with Gasteiger partial charge in [-0.15, -0.1) is 11.8 Å². The number of carbonyl (C=O) groups is 1. The number of hydrogen-bond acceptors (Lipinski definition) is 3. The summed E-state index contributed by atoms with van der Waals surface area (Å²) >= 11 is 1.62. The minimum absolute atomic E-state index is 0.161. The molecule has 0 unspecified atom stereocenters. The summed E-state index contributed by atoms with van der Waals surface area (Å²) < 4.78 is 0. The van der Waals surface area contributed by atoms with Crippen LogP contribution >= 0.6 is 11.8 Å². The molecule has 3 nitrogen and oxygen atoms in total. The molecule has 1 aromatic rings. The van der Waals surface area contributed by atoms with Crippen molar-refractivity contribution in [2.45, 2.75) is 63.3 Å². The van der Waals surface area contributed by atoms with Gasteiger partial charge in [-0.3, -0.25) is 4.79 Å². The Morgan fingerprint density at radius 3 is 2.38 bits per heavy atom. The van der Waals surface area contributed by atoms with Crippen molar-refractivity contribution in [3.63, 3.8) is 0 Å². The monoisotopic (exact) mass is 348 g/mol. The summed E-state index contributed by atoms with van der Waals surface area (Å²) in [5.41, 5.74) is 1.50. The van der Waals surface area contributed by atoms with Crippen molar-refractivity contribution >= 4 is 17.7 Å². The van der Waals surface area contributed by atoms with Crippen LogP contribution in [0, 0.1) is 0 Å². The van der Waals surface area contributed by atoms with Crippen LogP contribution < -0.4 is 5.32 Å². The fourth-order valence-corrected chi connectivity index (χ4v) is 3.80. The Balaban J connectivity index is 1.72. The molecule has 0 atom stereocenters. The third kappa shape index (κ3) is 6.14. The normalized spacial score (nSPS) is 17.0. The van der Waals surface area contributed by atoms with E-state index >= 15 is 0 Å². The number of piperidine rings is 1. The van der Waals surface area contributed by atoms with Gasteiger partial charge in [0.15, 0.2) is 0 Å². The highest BCUT2D eigenvalue weighted by Crippen LogP contribution is 2.25. The average molecular weight is 349 g/mol. The predicted molar refractivity (Wildman–Crippen MR) is 104 cm³/mol. The lowest BCUT2D eigenvalue weighted by Gasteiger charge is -2.32. The molecule has 134 valence electrons. The molecule has 1 fully saturated rings. The van der Waals surface area contributed by atoms with Gasteiger partial charge in [0.1, 0.15) is 0 Å². The second kappa shape index (κ2) is 8.91. The summed E-state index contributed by atoms with van der Waals surface area (Å²) in [5.74, 6) is 0.665. The molecule has 0 radical (unpaired) electrons. The molecule has 1 amide bonds. The lowest BCUT2D eigenvalue weighted by molar-refractivity contribution is -0.119. The number of benzene rings is 1. The Labute approximate surface area is 151 Å². The van der Waals surface area contributed by atoms with Crippen molar-refractivity contribution in [2.24, 2.45) is 0 Å². The van der Waals surface area contributed by atoms with Crippen molar-refractivity contribution in [2.75, 3.05) is 25.4 Å². The van der Waals surface area contributed by atoms with E-state index in [0.717, 1.165) is 30.8 Å². The molecule has 0 bridgehead atoms. The molecule has 1 N–H and O–H groups in total. The fraction of sp³-hybridized carbons (Fsp3) is 0.650. The van der Waals surface area contributed by atoms with Gasteiger partial charge in [0.05, 0.1) is 5.75 Å². The van der Waals surface area contributed by atoms with Crippen LogP contribution in [0.3, 0.4) is 0 Å². The largest absolute Gasteiger partial charge is 0.353 e. The van der Waals surface area contributed by atoms with Crippen molar-refractivity contribution < 1.29 is 4.79 Å². The van der Waals surface area contributed by atoms with E-state index in [0.29, 0.717) is 11.8 Å². The van der Waals surface area contributed by atoms with Gasteiger partial charge in [-0.25, -0.2) is 0 Å². The van der Waals surface area contributed by atoms with Crippen LogP contribution in [0.1, 0.15) is 52.5 Å². The van der Waals surface area contributed by atoms with E-state index < -0.39 is 0 Å². The topological polar surface area (TPSA) is 32.3 Å². The maximum Gasteiger partial charge on any atom is 0.230 e. The molecule has 0 aromatic heterocycles. The van der Waals surface area contributed by atoms with Crippen LogP contribution in [0.25, 0.3) is 0 Å². The minimum atomic E-state index is 0.161. The molecule has 4 heteroatoms. The molecule has 1 aromatic carbocycles. The Kier molecular flexibility index (Phi) is 7.17. The van der Waals surface area contributed by atoms with Crippen molar-refractivity contribution in [1.82, 2.24) is 10.2 Å². The highest BCUT2D eigenvalue weighted by atomic mass is 32.2. The summed E-state index contributed by atoms with van der Waals surface area (Å²) in [6.07, 6.45) is 3.37. The first kappa shape index (κ1) is 19.3. The predicted octanol–water partition coefficient (Wildman–Crippen LogP) is 4.07. The maximum atomic E-state index is 12.2. The third-order valence-electron chi connectivity index (χ3n) is 4.58. The number of nitrogens with zero attached hydrogens (tertiary/aromatic N) is 1. The molecular formula is C20H32N2OS. The van der Waals surface area contributed by atoms with E-state index in [9.17, 15) is 4.79 Å². The quantitative estimate of drug-likeness (QED) is 0.787. The van der Waals surface area contributed by atoms with Gasteiger partial charge >= 0.3 is 0 Å². The Morgan fingerprint density at radius 1 is 1.21 bits per heavy atom. The number of nitrogens with one attached hydrogen (secondary N) is 1. The molecule has 1 saturated heterocycles. The molecule has 2 rings (SSSR count). The summed E-state index contributed by atoms with van der Waals surface area (Å²) in [6.45, 7) is 12.3. The standard InChI is InChI=1S/C20H32N2OS/c1-5-12-22-13-10-17(11-14-22)21-19(23)15-24-18-8-6-16(7-9-18)20(2,3)4/h6-9,17H,5,10-15H2,1-4H3,(H,21,23). The molecular weight excluding hydrogens is 316 g/mol. The van der Waals surface area contributed by atoms with Gasteiger partial charge in [-0.1, -0.05) is 39.8 Å². The van der Waals surface area contributed by atoms with Gasteiger partial charge in [0.2, 0.25) is 5.91 Å². The van der Waals surface area contributed by atoms with Gasteiger partial charge in [0.25, 0.3) is 0 Å². The highest BCUT2D eigenvalue weighted by Gasteiger charge is 2.20. The third-order valence-corrected chi connectivity index (χ3v) is 5.59. The Bertz CT molecular complexity index is 513. The number of rotatable bonds is 6. The fourth-order valence-electron chi connectivity index (χ4n) is 3.09. The van der Waals surface area contributed by atoms with E-state index in [4.69, 9.17) is 0 Å². The maximum absolute atomic E-state index is 12.2. The van der Waals surface area contributed by atoms with Gasteiger partial charge in [0, 0.05) is 24.0 Å². The summed E-state index contributed by atoms with van der Waals surface area (Å²) in [6, 6.07) is 8.95. The van der Waals surface area contributed by atoms with E-state index in [2.05, 4.69) is 62.2 Å². The first-order chi connectivity index (χ1) is 11.4. The van der Waals surface area contributed by atoms with Crippen LogP contribution in [0.2, 0.25) is 0 Å². The first-order valence-electron chi connectivity index (χ1n) is 9.13. The number of thioether (sulfide) groups is 1. The summed E-state index contributed by atoms with van der Waals surface area (Å²) in [7, 11) is 0. The lowest BCUT2D eigenvalue weighted by atomic mass is 9.87. The summed E-state index contributed by atoms with van der Waals surface area (Å²) in [5, 5.41) is 3.20. The molecule has 0 saturated carbocycles. The van der Waals surface area contributed by atoms with Crippen LogP contribution in [0.4, 0.5) is 0 Å². The second-order valence-electron chi connectivity index (χ2n) is 7.75. The smallest absolute Gasteiger partial charge is 0.230 e. The molecule has 1 heterocycles. The lowest BCUT2D eigenvalue weighted by Crippen LogP contribution is -2.45. The van der Waals surface area contributed by atoms with Crippen LogP contribution in [0.15, 0.2) is 29.2 Å². The molecule has 24 heavy (non-hydrogen) atoms. The second-order valence-corrected chi connectivity index (χ2v) is 8.80. The van der Waals surface area contributed by atoms with Crippen molar-refractivity contribution in [3.8, 4) is 0 Å². The van der Waals surface area contributed by atoms with E-state index in [1.165, 1.54) is 18.5 Å². The number of likely N-dealkylation sites (tertiary alicyclic amines) is 1. The zero-order chi connectivity index (χ0) is 17.6. The average Bonchev–Trinajstić information content (AvgIpc) is 2.55. The Hall–Kier alpha value is -1.00. The first-order valence-corrected chi connectivity index (χ1v) is 10.1. The Morgan fingerprint density at radius 2 is 1.83 bits per heavy atom. The van der Waals surface area contributed by atoms with E-state index in [1.54, 1.807) is 11.8 Å². The minimum Gasteiger partial charge on any atom is -0.353 e. The van der Waals surface area contributed by atoms with Crippen LogP contribution in [0.5, 0.6) is 0 Å².